The van der Waals surface area contributed by atoms with Crippen molar-refractivity contribution in [3.05, 3.63) is 54.1 Å². The molecule has 5 heteroatoms. The Morgan fingerprint density at radius 3 is 2.67 bits per heavy atom. The van der Waals surface area contributed by atoms with Crippen molar-refractivity contribution < 1.29 is 14.3 Å². The monoisotopic (exact) mass is 324 g/mol. The summed E-state index contributed by atoms with van der Waals surface area (Å²) in [6, 6.07) is 14.5. The molecule has 3 rings (SSSR count). The van der Waals surface area contributed by atoms with Gasteiger partial charge < -0.3 is 15.0 Å². The zero-order valence-electron chi connectivity index (χ0n) is 13.6. The second-order valence-corrected chi connectivity index (χ2v) is 5.55. The number of nitrogens with one attached hydrogen (secondary N) is 1. The molecule has 0 unspecified atom stereocenters. The number of hydrogen-bond donors (Lipinski definition) is 1. The van der Waals surface area contributed by atoms with Crippen molar-refractivity contribution >= 4 is 23.2 Å². The fourth-order valence-electron chi connectivity index (χ4n) is 2.84. The predicted molar refractivity (Wildman–Crippen MR) is 93.6 cm³/mol. The molecular weight excluding hydrogens is 304 g/mol. The molecular formula is C19H20N2O3. The molecule has 1 aliphatic rings. The lowest BCUT2D eigenvalue weighted by Gasteiger charge is -2.19. The molecule has 124 valence electrons. The number of carbonyl (C=O) groups is 2. The zero-order chi connectivity index (χ0) is 16.9. The number of amides is 2. The Morgan fingerprint density at radius 2 is 1.92 bits per heavy atom. The number of carbonyl (C=O) groups excluding carboxylic acids is 2. The summed E-state index contributed by atoms with van der Waals surface area (Å²) in [7, 11) is 0. The first-order chi connectivity index (χ1) is 11.7. The second kappa shape index (κ2) is 7.17. The van der Waals surface area contributed by atoms with E-state index in [1.807, 2.05) is 37.3 Å². The Balaban J connectivity index is 1.87. The van der Waals surface area contributed by atoms with Crippen LogP contribution in [-0.4, -0.2) is 25.0 Å². The van der Waals surface area contributed by atoms with Crippen LogP contribution in [0.5, 0.6) is 5.75 Å². The first-order valence-corrected chi connectivity index (χ1v) is 8.13. The molecule has 0 aliphatic carbocycles. The minimum absolute atomic E-state index is 0.0602. The fourth-order valence-corrected chi connectivity index (χ4v) is 2.84. The minimum atomic E-state index is -0.252. The van der Waals surface area contributed by atoms with Gasteiger partial charge in [-0.25, -0.2) is 0 Å². The van der Waals surface area contributed by atoms with Crippen LogP contribution < -0.4 is 15.0 Å². The third-order valence-electron chi connectivity index (χ3n) is 3.95. The highest BCUT2D eigenvalue weighted by molar-refractivity contribution is 6.11. The Kier molecular flexibility index (Phi) is 4.79. The highest BCUT2D eigenvalue weighted by atomic mass is 16.5. The van der Waals surface area contributed by atoms with Crippen LogP contribution in [0.3, 0.4) is 0 Å². The number of hydrogen-bond acceptors (Lipinski definition) is 3. The summed E-state index contributed by atoms with van der Waals surface area (Å²) in [5, 5.41) is 2.89. The third-order valence-corrected chi connectivity index (χ3v) is 3.95. The van der Waals surface area contributed by atoms with Gasteiger partial charge in [-0.3, -0.25) is 9.59 Å². The van der Waals surface area contributed by atoms with Crippen LogP contribution in [-0.2, 0) is 4.79 Å². The standard InChI is InChI=1S/C19H20N2O3/c1-2-24-17-11-6-4-9-15(17)20-19(23)14-8-3-5-10-16(14)21-13-7-12-18(21)22/h3-6,8-11H,2,7,12-13H2,1H3,(H,20,23). The molecule has 0 aromatic heterocycles. The van der Waals surface area contributed by atoms with Gasteiger partial charge >= 0.3 is 0 Å². The molecule has 0 bridgehead atoms. The molecule has 0 spiro atoms. The molecule has 2 amide bonds. The first-order valence-electron chi connectivity index (χ1n) is 8.13. The normalized spacial score (nSPS) is 13.9. The van der Waals surface area contributed by atoms with Gasteiger partial charge in [0.1, 0.15) is 5.75 Å². The van der Waals surface area contributed by atoms with Crippen molar-refractivity contribution in [1.29, 1.82) is 0 Å². The summed E-state index contributed by atoms with van der Waals surface area (Å²) < 4.78 is 5.54. The van der Waals surface area contributed by atoms with Crippen LogP contribution in [0.25, 0.3) is 0 Å². The summed E-state index contributed by atoms with van der Waals surface area (Å²) in [6.45, 7) is 3.07. The Morgan fingerprint density at radius 1 is 1.17 bits per heavy atom. The molecule has 2 aromatic carbocycles. The topological polar surface area (TPSA) is 58.6 Å². The van der Waals surface area contributed by atoms with E-state index >= 15 is 0 Å². The van der Waals surface area contributed by atoms with Gasteiger partial charge in [0.25, 0.3) is 5.91 Å². The summed E-state index contributed by atoms with van der Waals surface area (Å²) >= 11 is 0. The summed E-state index contributed by atoms with van der Waals surface area (Å²) in [6.07, 6.45) is 1.35. The van der Waals surface area contributed by atoms with E-state index in [0.29, 0.717) is 42.3 Å². The molecule has 5 nitrogen and oxygen atoms in total. The van der Waals surface area contributed by atoms with E-state index in [-0.39, 0.29) is 11.8 Å². The number of nitrogens with zero attached hydrogens (tertiary/aromatic N) is 1. The van der Waals surface area contributed by atoms with E-state index < -0.39 is 0 Å². The number of rotatable bonds is 5. The highest BCUT2D eigenvalue weighted by Crippen LogP contribution is 2.28. The van der Waals surface area contributed by atoms with Gasteiger partial charge in [-0.1, -0.05) is 24.3 Å². The van der Waals surface area contributed by atoms with Crippen LogP contribution >= 0.6 is 0 Å². The van der Waals surface area contributed by atoms with Crippen molar-refractivity contribution in [2.24, 2.45) is 0 Å². The van der Waals surface area contributed by atoms with Crippen LogP contribution in [0.1, 0.15) is 30.1 Å². The van der Waals surface area contributed by atoms with Gasteiger partial charge in [0.2, 0.25) is 5.91 Å². The fraction of sp³-hybridized carbons (Fsp3) is 0.263. The predicted octanol–water partition coefficient (Wildman–Crippen LogP) is 3.46. The van der Waals surface area contributed by atoms with Gasteiger partial charge in [0.05, 0.1) is 23.5 Å². The van der Waals surface area contributed by atoms with Crippen molar-refractivity contribution in [2.45, 2.75) is 19.8 Å². The Bertz CT molecular complexity index is 758. The van der Waals surface area contributed by atoms with Gasteiger partial charge in [0, 0.05) is 13.0 Å². The number of para-hydroxylation sites is 3. The molecule has 1 heterocycles. The molecule has 1 N–H and O–H groups in total. The summed E-state index contributed by atoms with van der Waals surface area (Å²) in [5.74, 6) is 0.436. The van der Waals surface area contributed by atoms with E-state index in [4.69, 9.17) is 4.74 Å². The van der Waals surface area contributed by atoms with Gasteiger partial charge in [0.15, 0.2) is 0 Å². The summed E-state index contributed by atoms with van der Waals surface area (Å²) in [4.78, 5) is 26.5. The maximum absolute atomic E-state index is 12.8. The smallest absolute Gasteiger partial charge is 0.257 e. The molecule has 0 atom stereocenters. The highest BCUT2D eigenvalue weighted by Gasteiger charge is 2.25. The lowest BCUT2D eigenvalue weighted by Crippen LogP contribution is -2.27. The van der Waals surface area contributed by atoms with Crippen LogP contribution in [0.15, 0.2) is 48.5 Å². The maximum Gasteiger partial charge on any atom is 0.257 e. The Labute approximate surface area is 141 Å². The van der Waals surface area contributed by atoms with Crippen LogP contribution in [0.4, 0.5) is 11.4 Å². The maximum atomic E-state index is 12.8. The average molecular weight is 324 g/mol. The van der Waals surface area contributed by atoms with Crippen LogP contribution in [0, 0.1) is 0 Å². The van der Waals surface area contributed by atoms with E-state index in [1.165, 1.54) is 0 Å². The molecule has 1 fully saturated rings. The quantitative estimate of drug-likeness (QED) is 0.916. The molecule has 24 heavy (non-hydrogen) atoms. The molecule has 2 aromatic rings. The minimum Gasteiger partial charge on any atom is -0.492 e. The molecule has 0 saturated carbocycles. The van der Waals surface area contributed by atoms with E-state index in [9.17, 15) is 9.59 Å². The summed E-state index contributed by atoms with van der Waals surface area (Å²) in [5.41, 5.74) is 1.76. The molecule has 0 radical (unpaired) electrons. The van der Waals surface area contributed by atoms with Gasteiger partial charge in [-0.15, -0.1) is 0 Å². The third kappa shape index (κ3) is 3.25. The molecule has 1 saturated heterocycles. The first kappa shape index (κ1) is 16.1. The number of benzene rings is 2. The van der Waals surface area contributed by atoms with Crippen molar-refractivity contribution in [1.82, 2.24) is 0 Å². The van der Waals surface area contributed by atoms with Gasteiger partial charge in [-0.2, -0.15) is 0 Å². The van der Waals surface area contributed by atoms with E-state index in [2.05, 4.69) is 5.32 Å². The SMILES string of the molecule is CCOc1ccccc1NC(=O)c1ccccc1N1CCCC1=O. The van der Waals surface area contributed by atoms with E-state index in [1.54, 1.807) is 23.1 Å². The number of anilines is 2. The lowest BCUT2D eigenvalue weighted by molar-refractivity contribution is -0.117. The van der Waals surface area contributed by atoms with Gasteiger partial charge in [-0.05, 0) is 37.6 Å². The zero-order valence-corrected chi connectivity index (χ0v) is 13.6. The Hall–Kier alpha value is -2.82. The number of ether oxygens (including phenoxy) is 1. The largest absolute Gasteiger partial charge is 0.492 e. The average Bonchev–Trinajstić information content (AvgIpc) is 3.03. The van der Waals surface area contributed by atoms with E-state index in [0.717, 1.165) is 6.42 Å². The molecule has 1 aliphatic heterocycles. The van der Waals surface area contributed by atoms with Crippen molar-refractivity contribution in [3.63, 3.8) is 0 Å². The van der Waals surface area contributed by atoms with Crippen LogP contribution in [0.2, 0.25) is 0 Å². The van der Waals surface area contributed by atoms with Crippen molar-refractivity contribution in [3.8, 4) is 5.75 Å². The van der Waals surface area contributed by atoms with Crippen molar-refractivity contribution in [2.75, 3.05) is 23.4 Å². The lowest BCUT2D eigenvalue weighted by atomic mass is 10.1. The second-order valence-electron chi connectivity index (χ2n) is 5.55.